The van der Waals surface area contributed by atoms with Gasteiger partial charge in [-0.05, 0) is 44.2 Å². The van der Waals surface area contributed by atoms with E-state index >= 15 is 0 Å². The summed E-state index contributed by atoms with van der Waals surface area (Å²) < 4.78 is 10.7. The Morgan fingerprint density at radius 3 is 2.88 bits per heavy atom. The summed E-state index contributed by atoms with van der Waals surface area (Å²) >= 11 is 0. The maximum atomic E-state index is 12.2. The van der Waals surface area contributed by atoms with E-state index in [1.165, 1.54) is 6.07 Å². The SMILES string of the molecule is CCOCc1ccc(C(=O)Nc2ccc3[nH]c(C)cc(=O)c3c2)o1. The number of ether oxygens (including phenoxy) is 1. The molecule has 0 aliphatic carbocycles. The van der Waals surface area contributed by atoms with Crippen LogP contribution in [0.15, 0.2) is 45.6 Å². The lowest BCUT2D eigenvalue weighted by atomic mass is 10.1. The minimum absolute atomic E-state index is 0.0886. The second-order valence-corrected chi connectivity index (χ2v) is 5.43. The average Bonchev–Trinajstić information content (AvgIpc) is 3.02. The Bertz CT molecular complexity index is 940. The van der Waals surface area contributed by atoms with Gasteiger partial charge in [-0.2, -0.15) is 0 Å². The van der Waals surface area contributed by atoms with Crippen molar-refractivity contribution in [1.29, 1.82) is 0 Å². The second-order valence-electron chi connectivity index (χ2n) is 5.43. The first-order valence-electron chi connectivity index (χ1n) is 7.68. The fourth-order valence-corrected chi connectivity index (χ4v) is 2.43. The van der Waals surface area contributed by atoms with Crippen LogP contribution in [0.3, 0.4) is 0 Å². The summed E-state index contributed by atoms with van der Waals surface area (Å²) in [6, 6.07) is 9.98. The summed E-state index contributed by atoms with van der Waals surface area (Å²) in [6.07, 6.45) is 0. The Labute approximate surface area is 138 Å². The van der Waals surface area contributed by atoms with Gasteiger partial charge in [0.15, 0.2) is 11.2 Å². The van der Waals surface area contributed by atoms with Gasteiger partial charge in [-0.15, -0.1) is 0 Å². The minimum atomic E-state index is -0.374. The predicted octanol–water partition coefficient (Wildman–Crippen LogP) is 3.22. The Balaban J connectivity index is 1.80. The molecular weight excluding hydrogens is 308 g/mol. The number of benzene rings is 1. The van der Waals surface area contributed by atoms with Crippen molar-refractivity contribution in [3.05, 3.63) is 63.8 Å². The van der Waals surface area contributed by atoms with Crippen molar-refractivity contribution < 1.29 is 13.9 Å². The molecule has 24 heavy (non-hydrogen) atoms. The summed E-state index contributed by atoms with van der Waals surface area (Å²) in [4.78, 5) is 27.4. The van der Waals surface area contributed by atoms with Gasteiger partial charge < -0.3 is 19.5 Å². The number of anilines is 1. The number of aromatic amines is 1. The second kappa shape index (κ2) is 6.72. The van der Waals surface area contributed by atoms with Crippen LogP contribution in [0.4, 0.5) is 5.69 Å². The molecule has 6 nitrogen and oxygen atoms in total. The first-order chi connectivity index (χ1) is 11.6. The fourth-order valence-electron chi connectivity index (χ4n) is 2.43. The van der Waals surface area contributed by atoms with Crippen LogP contribution in [0.25, 0.3) is 10.9 Å². The van der Waals surface area contributed by atoms with Crippen LogP contribution in [0.2, 0.25) is 0 Å². The molecule has 0 aliphatic rings. The van der Waals surface area contributed by atoms with Crippen LogP contribution in [0.5, 0.6) is 0 Å². The molecule has 0 saturated heterocycles. The van der Waals surface area contributed by atoms with E-state index in [1.54, 1.807) is 30.3 Å². The van der Waals surface area contributed by atoms with Crippen LogP contribution in [-0.2, 0) is 11.3 Å². The Kier molecular flexibility index (Phi) is 4.48. The number of rotatable bonds is 5. The number of hydrogen-bond donors (Lipinski definition) is 2. The van der Waals surface area contributed by atoms with E-state index in [-0.39, 0.29) is 17.1 Å². The topological polar surface area (TPSA) is 84.3 Å². The number of amides is 1. The summed E-state index contributed by atoms with van der Waals surface area (Å²) in [6.45, 7) is 4.62. The summed E-state index contributed by atoms with van der Waals surface area (Å²) in [5, 5.41) is 3.26. The standard InChI is InChI=1S/C18H18N2O4/c1-3-23-10-13-5-7-17(24-13)18(22)20-12-4-6-15-14(9-12)16(21)8-11(2)19-15/h4-9H,3,10H2,1-2H3,(H,19,21)(H,20,22). The number of nitrogens with one attached hydrogen (secondary N) is 2. The zero-order valence-electron chi connectivity index (χ0n) is 13.5. The molecule has 0 spiro atoms. The van der Waals surface area contributed by atoms with Crippen molar-refractivity contribution in [3.63, 3.8) is 0 Å². The summed E-state index contributed by atoms with van der Waals surface area (Å²) in [5.41, 5.74) is 1.97. The largest absolute Gasteiger partial charge is 0.453 e. The number of carbonyl (C=O) groups excluding carboxylic acids is 1. The molecule has 2 heterocycles. The molecule has 3 aromatic rings. The molecule has 0 fully saturated rings. The quantitative estimate of drug-likeness (QED) is 0.754. The van der Waals surface area contributed by atoms with Crippen LogP contribution in [0.1, 0.15) is 28.9 Å². The third-order valence-corrected chi connectivity index (χ3v) is 3.56. The van der Waals surface area contributed by atoms with E-state index in [2.05, 4.69) is 10.3 Å². The monoisotopic (exact) mass is 326 g/mol. The highest BCUT2D eigenvalue weighted by atomic mass is 16.5. The molecule has 0 aliphatic heterocycles. The lowest BCUT2D eigenvalue weighted by Crippen LogP contribution is -2.11. The van der Waals surface area contributed by atoms with E-state index in [4.69, 9.17) is 9.15 Å². The van der Waals surface area contributed by atoms with Gasteiger partial charge in [0.25, 0.3) is 5.91 Å². The number of pyridine rings is 1. The molecule has 0 atom stereocenters. The molecule has 124 valence electrons. The van der Waals surface area contributed by atoms with Crippen LogP contribution < -0.4 is 10.7 Å². The zero-order chi connectivity index (χ0) is 17.1. The van der Waals surface area contributed by atoms with Gasteiger partial charge in [0.1, 0.15) is 12.4 Å². The number of hydrogen-bond acceptors (Lipinski definition) is 4. The highest BCUT2D eigenvalue weighted by Crippen LogP contribution is 2.17. The summed E-state index contributed by atoms with van der Waals surface area (Å²) in [5.74, 6) is 0.413. The third-order valence-electron chi connectivity index (χ3n) is 3.56. The van der Waals surface area contributed by atoms with Crippen molar-refractivity contribution in [2.45, 2.75) is 20.5 Å². The molecule has 2 N–H and O–H groups in total. The van der Waals surface area contributed by atoms with Gasteiger partial charge in [-0.1, -0.05) is 0 Å². The van der Waals surface area contributed by atoms with Crippen molar-refractivity contribution >= 4 is 22.5 Å². The molecule has 0 unspecified atom stereocenters. The lowest BCUT2D eigenvalue weighted by molar-refractivity contribution is 0.0972. The van der Waals surface area contributed by atoms with Crippen molar-refractivity contribution in [3.8, 4) is 0 Å². The molecular formula is C18H18N2O4. The highest BCUT2D eigenvalue weighted by molar-refractivity contribution is 6.03. The minimum Gasteiger partial charge on any atom is -0.453 e. The highest BCUT2D eigenvalue weighted by Gasteiger charge is 2.12. The number of aromatic nitrogens is 1. The van der Waals surface area contributed by atoms with E-state index in [9.17, 15) is 9.59 Å². The fraction of sp³-hybridized carbons (Fsp3) is 0.222. The van der Waals surface area contributed by atoms with Gasteiger partial charge in [0.05, 0.1) is 0 Å². The normalized spacial score (nSPS) is 10.9. The number of fused-ring (bicyclic) bond motifs is 1. The molecule has 1 amide bonds. The van der Waals surface area contributed by atoms with Gasteiger partial charge in [-0.3, -0.25) is 9.59 Å². The molecule has 3 rings (SSSR count). The first-order valence-corrected chi connectivity index (χ1v) is 7.68. The third kappa shape index (κ3) is 3.38. The number of furan rings is 1. The molecule has 0 bridgehead atoms. The molecule has 2 aromatic heterocycles. The van der Waals surface area contributed by atoms with Gasteiger partial charge in [-0.25, -0.2) is 0 Å². The Hall–Kier alpha value is -2.86. The molecule has 0 radical (unpaired) electrons. The first kappa shape index (κ1) is 16.0. The van der Waals surface area contributed by atoms with Crippen LogP contribution in [0, 0.1) is 6.92 Å². The number of aryl methyl sites for hydroxylation is 1. The average molecular weight is 326 g/mol. The van der Waals surface area contributed by atoms with Gasteiger partial charge >= 0.3 is 0 Å². The number of H-pyrrole nitrogens is 1. The van der Waals surface area contributed by atoms with Crippen LogP contribution >= 0.6 is 0 Å². The van der Waals surface area contributed by atoms with Crippen LogP contribution in [-0.4, -0.2) is 17.5 Å². The van der Waals surface area contributed by atoms with Crippen molar-refractivity contribution in [2.75, 3.05) is 11.9 Å². The van der Waals surface area contributed by atoms with E-state index in [1.807, 2.05) is 13.8 Å². The Morgan fingerprint density at radius 2 is 2.08 bits per heavy atom. The van der Waals surface area contributed by atoms with Crippen molar-refractivity contribution in [2.24, 2.45) is 0 Å². The van der Waals surface area contributed by atoms with E-state index in [0.29, 0.717) is 30.0 Å². The van der Waals surface area contributed by atoms with Gasteiger partial charge in [0, 0.05) is 35.0 Å². The van der Waals surface area contributed by atoms with E-state index in [0.717, 1.165) is 11.2 Å². The zero-order valence-corrected chi connectivity index (χ0v) is 13.5. The molecule has 6 heteroatoms. The summed E-state index contributed by atoms with van der Waals surface area (Å²) in [7, 11) is 0. The smallest absolute Gasteiger partial charge is 0.291 e. The van der Waals surface area contributed by atoms with Gasteiger partial charge in [0.2, 0.25) is 0 Å². The maximum Gasteiger partial charge on any atom is 0.291 e. The maximum absolute atomic E-state index is 12.2. The molecule has 0 saturated carbocycles. The predicted molar refractivity (Wildman–Crippen MR) is 91.3 cm³/mol. The van der Waals surface area contributed by atoms with E-state index < -0.39 is 0 Å². The molecule has 1 aromatic carbocycles. The van der Waals surface area contributed by atoms with Crippen molar-refractivity contribution in [1.82, 2.24) is 4.98 Å². The Morgan fingerprint density at radius 1 is 1.25 bits per heavy atom. The lowest BCUT2D eigenvalue weighted by Gasteiger charge is -2.06. The number of carbonyl (C=O) groups is 1.